The molecular formula is C21H32F3N4O11PS. The largest absolute Gasteiger partial charge is 0.523 e. The highest BCUT2D eigenvalue weighted by molar-refractivity contribution is 7.87. The molecule has 2 aromatic heterocycles. The van der Waals surface area contributed by atoms with E-state index in [1.165, 1.54) is 19.4 Å². The highest BCUT2D eigenvalue weighted by atomic mass is 32.2. The molecule has 20 heteroatoms. The second-order valence-electron chi connectivity index (χ2n) is 9.84. The number of likely N-dealkylation sites (tertiary alicyclic amines) is 1. The minimum Gasteiger partial charge on any atom is -0.444 e. The van der Waals surface area contributed by atoms with Gasteiger partial charge in [0.1, 0.15) is 35.2 Å². The van der Waals surface area contributed by atoms with E-state index in [1.807, 2.05) is 0 Å². The number of halogens is 3. The van der Waals surface area contributed by atoms with Crippen LogP contribution in [0, 0.1) is 0 Å². The normalized spacial score (nSPS) is 23.1. The Morgan fingerprint density at radius 2 is 1.80 bits per heavy atom. The fourth-order valence-corrected chi connectivity index (χ4v) is 5.86. The molecule has 1 aliphatic rings. The highest BCUT2D eigenvalue weighted by Gasteiger charge is 2.52. The second kappa shape index (κ2) is 12.8. The summed E-state index contributed by atoms with van der Waals surface area (Å²) in [5.74, 6) is 0. The Hall–Kier alpha value is -2.54. The second-order valence-corrected chi connectivity index (χ2v) is 14.0. The van der Waals surface area contributed by atoms with Gasteiger partial charge in [-0.25, -0.2) is 9.78 Å². The van der Waals surface area contributed by atoms with E-state index in [1.54, 1.807) is 20.8 Å². The van der Waals surface area contributed by atoms with Crippen molar-refractivity contribution in [1.29, 1.82) is 0 Å². The Bertz CT molecular complexity index is 1420. The van der Waals surface area contributed by atoms with Gasteiger partial charge in [-0.2, -0.15) is 21.6 Å². The number of carbonyl (C=O) groups is 1. The Balaban J connectivity index is 0.000000337. The van der Waals surface area contributed by atoms with Crippen molar-refractivity contribution in [2.24, 2.45) is 0 Å². The van der Waals surface area contributed by atoms with Gasteiger partial charge in [-0.1, -0.05) is 0 Å². The van der Waals surface area contributed by atoms with E-state index in [2.05, 4.69) is 23.7 Å². The summed E-state index contributed by atoms with van der Waals surface area (Å²) < 4.78 is 80.7. The van der Waals surface area contributed by atoms with E-state index in [0.717, 1.165) is 11.6 Å². The third-order valence-electron chi connectivity index (χ3n) is 5.46. The van der Waals surface area contributed by atoms with Gasteiger partial charge in [0.15, 0.2) is 0 Å². The molecule has 1 saturated heterocycles. The number of rotatable bonds is 7. The van der Waals surface area contributed by atoms with Crippen molar-refractivity contribution in [1.82, 2.24) is 19.9 Å². The molecule has 0 aliphatic carbocycles. The van der Waals surface area contributed by atoms with Crippen LogP contribution in [0.5, 0.6) is 0 Å². The lowest BCUT2D eigenvalue weighted by molar-refractivity contribution is -0.0532. The summed E-state index contributed by atoms with van der Waals surface area (Å²) in [4.78, 5) is 35.0. The summed E-state index contributed by atoms with van der Waals surface area (Å²) in [7, 11) is -9.16. The predicted octanol–water partition coefficient (Wildman–Crippen LogP) is 1.38. The number of amides is 1. The number of carbonyl (C=O) groups excluding carboxylic acids is 1. The molecule has 0 aromatic carbocycles. The molecule has 0 spiro atoms. The molecule has 0 bridgehead atoms. The van der Waals surface area contributed by atoms with Crippen molar-refractivity contribution in [2.75, 3.05) is 26.2 Å². The first-order valence-corrected chi connectivity index (χ1v) is 15.5. The van der Waals surface area contributed by atoms with Gasteiger partial charge in [0.2, 0.25) is 7.37 Å². The van der Waals surface area contributed by atoms with Gasteiger partial charge in [0.05, 0.1) is 31.6 Å². The number of fused-ring (bicyclic) bond motifs is 1. The number of aliphatic hydroxyl groups is 3. The Morgan fingerprint density at radius 1 is 1.20 bits per heavy atom. The molecule has 2 aromatic rings. The number of alkyl halides is 3. The first kappa shape index (κ1) is 34.7. The standard InChI is InChI=1S/C16H22N4O6.C5H10F3O5PS/c1-16(2,3)26-15(25)20-8(5-21)12(22)13(23)11(20)7-4-17-10-9(7)18-6-19-14(10)24;1-3-12-14(2,9)4-13-15(10,11)5(6,7)8/h4,6,8,11-13,17,21-23H,5H2,1-3H3,(H,18,19,24);3-4H2,1-2H3/t8-,11-,12-,13+;/m1./s1. The number of aromatic amines is 2. The van der Waals surface area contributed by atoms with Crippen molar-refractivity contribution < 1.29 is 59.7 Å². The zero-order valence-corrected chi connectivity index (χ0v) is 24.3. The Labute approximate surface area is 232 Å². The first-order valence-electron chi connectivity index (χ1n) is 11.9. The van der Waals surface area contributed by atoms with Gasteiger partial charge < -0.3 is 34.5 Å². The lowest BCUT2D eigenvalue weighted by Gasteiger charge is -2.32. The summed E-state index contributed by atoms with van der Waals surface area (Å²) in [6.07, 6.45) is -2.03. The predicted molar refractivity (Wildman–Crippen MR) is 136 cm³/mol. The van der Waals surface area contributed by atoms with Gasteiger partial charge in [0.25, 0.3) is 5.56 Å². The molecule has 41 heavy (non-hydrogen) atoms. The number of hydrogen-bond donors (Lipinski definition) is 5. The molecule has 5 atom stereocenters. The average Bonchev–Trinajstić information content (AvgIpc) is 3.36. The van der Waals surface area contributed by atoms with Crippen LogP contribution in [0.1, 0.15) is 39.3 Å². The minimum atomic E-state index is -5.70. The zero-order chi connectivity index (χ0) is 31.6. The number of hydrogen-bond acceptors (Lipinski definition) is 12. The number of aromatic nitrogens is 3. The summed E-state index contributed by atoms with van der Waals surface area (Å²) in [5.41, 5.74) is -5.94. The Morgan fingerprint density at radius 3 is 2.32 bits per heavy atom. The monoisotopic (exact) mass is 636 g/mol. The molecule has 1 amide bonds. The van der Waals surface area contributed by atoms with Crippen molar-refractivity contribution in [3.8, 4) is 0 Å². The van der Waals surface area contributed by atoms with Crippen LogP contribution in [0.2, 0.25) is 0 Å². The first-order chi connectivity index (χ1) is 18.7. The third-order valence-corrected chi connectivity index (χ3v) is 8.03. The molecule has 234 valence electrons. The fraction of sp³-hybridized carbons (Fsp3) is 0.667. The summed E-state index contributed by atoms with van der Waals surface area (Å²) >= 11 is 0. The van der Waals surface area contributed by atoms with Gasteiger partial charge in [0, 0.05) is 18.4 Å². The number of ether oxygens (including phenoxy) is 1. The summed E-state index contributed by atoms with van der Waals surface area (Å²) in [6.45, 7) is 6.93. The van der Waals surface area contributed by atoms with Crippen LogP contribution < -0.4 is 5.56 Å². The maximum Gasteiger partial charge on any atom is 0.523 e. The van der Waals surface area contributed by atoms with Gasteiger partial charge in [-0.05, 0) is 27.7 Å². The summed E-state index contributed by atoms with van der Waals surface area (Å²) in [5, 5.41) is 30.5. The van der Waals surface area contributed by atoms with Crippen LogP contribution in [0.15, 0.2) is 17.3 Å². The molecule has 0 radical (unpaired) electrons. The molecule has 3 heterocycles. The smallest absolute Gasteiger partial charge is 0.444 e. The molecule has 3 rings (SSSR count). The Kier molecular flexibility index (Phi) is 10.8. The molecule has 15 nitrogen and oxygen atoms in total. The maximum atomic E-state index is 12.7. The van der Waals surface area contributed by atoms with Crippen molar-refractivity contribution >= 4 is 34.6 Å². The SMILES string of the molecule is CC(C)(C)OC(=O)N1[C@H](CO)[C@@H](O)[C@@H](O)[C@H]1c1c[nH]c2c(=O)[nH]cnc12.CCOP(C)(=O)COS(=O)(=O)C(F)(F)F. The van der Waals surface area contributed by atoms with E-state index in [0.29, 0.717) is 5.56 Å². The number of nitrogens with one attached hydrogen (secondary N) is 2. The van der Waals surface area contributed by atoms with Gasteiger partial charge in [-0.3, -0.25) is 18.4 Å². The topological polar surface area (TPSA) is 221 Å². The van der Waals surface area contributed by atoms with Crippen LogP contribution in [0.4, 0.5) is 18.0 Å². The summed E-state index contributed by atoms with van der Waals surface area (Å²) in [6, 6.07) is -2.10. The molecule has 1 fully saturated rings. The molecule has 1 unspecified atom stereocenters. The van der Waals surface area contributed by atoms with E-state index >= 15 is 0 Å². The lowest BCUT2D eigenvalue weighted by atomic mass is 10.0. The average molecular weight is 637 g/mol. The quantitative estimate of drug-likeness (QED) is 0.165. The van der Waals surface area contributed by atoms with E-state index in [9.17, 15) is 51.1 Å². The minimum absolute atomic E-state index is 0.0107. The van der Waals surface area contributed by atoms with Crippen LogP contribution in [0.3, 0.4) is 0 Å². The molecule has 1 aliphatic heterocycles. The molecular weight excluding hydrogens is 604 g/mol. The van der Waals surface area contributed by atoms with Crippen molar-refractivity contribution in [3.63, 3.8) is 0 Å². The molecule has 5 N–H and O–H groups in total. The van der Waals surface area contributed by atoms with Gasteiger partial charge in [-0.15, -0.1) is 0 Å². The number of nitrogens with zero attached hydrogens (tertiary/aromatic N) is 2. The highest BCUT2D eigenvalue weighted by Crippen LogP contribution is 2.43. The number of aliphatic hydroxyl groups excluding tert-OH is 3. The molecule has 0 saturated carbocycles. The van der Waals surface area contributed by atoms with Crippen molar-refractivity contribution in [2.45, 2.75) is 63.1 Å². The van der Waals surface area contributed by atoms with Crippen LogP contribution in [-0.4, -0.2) is 105 Å². The van der Waals surface area contributed by atoms with E-state index < -0.39 is 77.5 Å². The fourth-order valence-electron chi connectivity index (χ4n) is 3.78. The zero-order valence-electron chi connectivity index (χ0n) is 22.6. The number of H-pyrrole nitrogens is 2. The maximum absolute atomic E-state index is 12.7. The van der Waals surface area contributed by atoms with Crippen LogP contribution in [-0.2, 0) is 28.1 Å². The third kappa shape index (κ3) is 8.27. The van der Waals surface area contributed by atoms with E-state index in [4.69, 9.17) is 4.74 Å². The van der Waals surface area contributed by atoms with Crippen LogP contribution >= 0.6 is 7.37 Å². The van der Waals surface area contributed by atoms with Crippen molar-refractivity contribution in [3.05, 3.63) is 28.4 Å². The van der Waals surface area contributed by atoms with Gasteiger partial charge >= 0.3 is 21.7 Å². The van der Waals surface area contributed by atoms with E-state index in [-0.39, 0.29) is 17.6 Å². The lowest BCUT2D eigenvalue weighted by Crippen LogP contribution is -2.45. The van der Waals surface area contributed by atoms with Crippen LogP contribution in [0.25, 0.3) is 11.0 Å².